The Balaban J connectivity index is 0.000000639. The van der Waals surface area contributed by atoms with Crippen LogP contribution in [0.3, 0.4) is 0 Å². The van der Waals surface area contributed by atoms with Crippen LogP contribution >= 0.6 is 11.6 Å². The minimum atomic E-state index is -0.138. The Morgan fingerprint density at radius 1 is 1.17 bits per heavy atom. The molecule has 2 aromatic rings. The van der Waals surface area contributed by atoms with Crippen molar-refractivity contribution in [3.05, 3.63) is 40.6 Å². The molecule has 9 nitrogen and oxygen atoms in total. The van der Waals surface area contributed by atoms with Crippen LogP contribution in [-0.2, 0) is 9.59 Å². The molecule has 0 unspecified atom stereocenters. The van der Waals surface area contributed by atoms with Crippen LogP contribution in [0.15, 0.2) is 18.7 Å². The number of hydrogen-bond acceptors (Lipinski definition) is 7. The van der Waals surface area contributed by atoms with E-state index in [4.69, 9.17) is 27.8 Å². The smallest absolute Gasteiger partial charge is 0.245 e. The van der Waals surface area contributed by atoms with E-state index in [2.05, 4.69) is 48.9 Å². The van der Waals surface area contributed by atoms with E-state index in [9.17, 15) is 9.59 Å². The van der Waals surface area contributed by atoms with Gasteiger partial charge in [0.05, 0.1) is 11.1 Å². The summed E-state index contributed by atoms with van der Waals surface area (Å²) in [5.41, 5.74) is 11.3. The molecule has 4 fully saturated rings. The molecule has 0 radical (unpaired) electrons. The van der Waals surface area contributed by atoms with Crippen molar-refractivity contribution in [1.82, 2.24) is 19.6 Å². The van der Waals surface area contributed by atoms with Gasteiger partial charge in [0.25, 0.3) is 0 Å². The molecule has 3 N–H and O–H groups in total. The quantitative estimate of drug-likeness (QED) is 0.214. The first-order valence-corrected chi connectivity index (χ1v) is 15.2. The highest BCUT2D eigenvalue weighted by Crippen LogP contribution is 2.55. The summed E-state index contributed by atoms with van der Waals surface area (Å²) in [5, 5.41) is 14.1. The van der Waals surface area contributed by atoms with Crippen LogP contribution in [0.25, 0.3) is 11.1 Å². The van der Waals surface area contributed by atoms with E-state index in [0.717, 1.165) is 92.9 Å². The second-order valence-corrected chi connectivity index (χ2v) is 13.8. The number of amides is 1. The number of nitrogens with zero attached hydrogens (tertiary/aromatic N) is 5. The molecule has 1 aromatic heterocycles. The first kappa shape index (κ1) is 30.3. The largest absolute Gasteiger partial charge is 0.398 e. The fourth-order valence-electron chi connectivity index (χ4n) is 7.02. The van der Waals surface area contributed by atoms with Gasteiger partial charge in [-0.15, -0.1) is 0 Å². The van der Waals surface area contributed by atoms with Gasteiger partial charge in [-0.3, -0.25) is 9.48 Å². The highest BCUT2D eigenvalue weighted by Gasteiger charge is 2.54. The summed E-state index contributed by atoms with van der Waals surface area (Å²) in [5.74, 6) is 1.37. The van der Waals surface area contributed by atoms with Crippen molar-refractivity contribution in [2.75, 3.05) is 50.4 Å². The number of aromatic nitrogens is 2. The third-order valence-corrected chi connectivity index (χ3v) is 9.92. The van der Waals surface area contributed by atoms with Crippen LogP contribution in [0.4, 0.5) is 11.5 Å². The Labute approximate surface area is 254 Å². The third-order valence-electron chi connectivity index (χ3n) is 9.43. The number of likely N-dealkylation sites (N-methyl/N-ethyl adjacent to an activating group) is 1. The van der Waals surface area contributed by atoms with Gasteiger partial charge in [-0.2, -0.15) is 5.10 Å². The standard InChI is InChI=1S/C28H38ClN7O.C4H6O/c1-7-22(37)34-15-28(16-34)11-19(12-28)36-18(3)23(24-20(13-30)21(31)10-17(2)25(24)29)26(32-36)35-9-8-33(6)14-27(35,4)5;5-3-4-1-2-4/h7,10,13,19,30H,1,8-9,11-12,14-16,31H2,2-6H3;3-4H,1-2H2. The number of aryl methyl sites for hydroxylation is 1. The van der Waals surface area contributed by atoms with Crippen LogP contribution in [0.1, 0.15) is 62.4 Å². The minimum Gasteiger partial charge on any atom is -0.398 e. The number of carbonyl (C=O) groups is 2. The zero-order valence-electron chi connectivity index (χ0n) is 25.5. The van der Waals surface area contributed by atoms with Crippen molar-refractivity contribution < 1.29 is 9.59 Å². The van der Waals surface area contributed by atoms with Crippen LogP contribution in [0, 0.1) is 30.6 Å². The van der Waals surface area contributed by atoms with Crippen molar-refractivity contribution in [1.29, 1.82) is 5.41 Å². The highest BCUT2D eigenvalue weighted by molar-refractivity contribution is 6.35. The molecule has 10 heteroatoms. The predicted molar refractivity (Wildman–Crippen MR) is 170 cm³/mol. The molecule has 6 rings (SSSR count). The van der Waals surface area contributed by atoms with E-state index in [1.165, 1.54) is 12.3 Å². The van der Waals surface area contributed by atoms with Gasteiger partial charge in [0.1, 0.15) is 6.29 Å². The molecule has 226 valence electrons. The molecular weight excluding hydrogens is 550 g/mol. The first-order chi connectivity index (χ1) is 19.8. The van der Waals surface area contributed by atoms with E-state index in [1.807, 2.05) is 17.9 Å². The second kappa shape index (κ2) is 11.2. The van der Waals surface area contributed by atoms with E-state index in [1.54, 1.807) is 0 Å². The molecule has 0 bridgehead atoms. The van der Waals surface area contributed by atoms with Gasteiger partial charge in [0.2, 0.25) is 5.91 Å². The van der Waals surface area contributed by atoms with Gasteiger partial charge < -0.3 is 30.6 Å². The predicted octanol–water partition coefficient (Wildman–Crippen LogP) is 4.88. The average molecular weight is 594 g/mol. The normalized spacial score (nSPS) is 21.2. The Morgan fingerprint density at radius 3 is 2.36 bits per heavy atom. The van der Waals surface area contributed by atoms with Crippen molar-refractivity contribution in [3.63, 3.8) is 0 Å². The summed E-state index contributed by atoms with van der Waals surface area (Å²) >= 11 is 6.97. The van der Waals surface area contributed by atoms with Gasteiger partial charge in [-0.05, 0) is 78.1 Å². The Bertz CT molecular complexity index is 1410. The van der Waals surface area contributed by atoms with Gasteiger partial charge in [0.15, 0.2) is 5.82 Å². The number of likely N-dealkylation sites (tertiary alicyclic amines) is 1. The first-order valence-electron chi connectivity index (χ1n) is 14.9. The molecule has 2 aliphatic carbocycles. The molecule has 0 atom stereocenters. The van der Waals surface area contributed by atoms with Gasteiger partial charge in [-0.25, -0.2) is 0 Å². The maximum absolute atomic E-state index is 12.0. The summed E-state index contributed by atoms with van der Waals surface area (Å²) in [6, 6.07) is 2.10. The Morgan fingerprint density at radius 2 is 1.83 bits per heavy atom. The summed E-state index contributed by atoms with van der Waals surface area (Å²) in [6.07, 6.45) is 8.00. The van der Waals surface area contributed by atoms with Crippen molar-refractivity contribution in [3.8, 4) is 11.1 Å². The number of rotatable bonds is 6. The Hall–Kier alpha value is -3.17. The number of halogens is 1. The molecule has 1 spiro atoms. The monoisotopic (exact) mass is 593 g/mol. The topological polar surface area (TPSA) is 112 Å². The third kappa shape index (κ3) is 5.37. The number of aldehydes is 1. The molecule has 2 aliphatic heterocycles. The number of carbonyl (C=O) groups excluding carboxylic acids is 2. The maximum Gasteiger partial charge on any atom is 0.245 e. The number of nitrogens with two attached hydrogens (primary N) is 1. The van der Waals surface area contributed by atoms with Crippen molar-refractivity contribution >= 4 is 41.5 Å². The molecule has 4 aliphatic rings. The number of anilines is 2. The zero-order chi connectivity index (χ0) is 30.6. The molecule has 2 saturated heterocycles. The lowest BCUT2D eigenvalue weighted by Gasteiger charge is -2.58. The van der Waals surface area contributed by atoms with Crippen molar-refractivity contribution in [2.45, 2.75) is 65.0 Å². The van der Waals surface area contributed by atoms with Crippen LogP contribution in [0.2, 0.25) is 5.02 Å². The molecule has 42 heavy (non-hydrogen) atoms. The van der Waals surface area contributed by atoms with Crippen LogP contribution < -0.4 is 10.6 Å². The SMILES string of the molecule is C=CC(=O)N1CC2(CC(n3nc(N4CCN(C)CC4(C)C)c(-c4c(Cl)c(C)cc(N)c4C=N)c3C)C2)C1.O=CC1CC1. The van der Waals surface area contributed by atoms with Crippen molar-refractivity contribution in [2.24, 2.45) is 11.3 Å². The molecule has 3 heterocycles. The number of benzene rings is 1. The minimum absolute atomic E-state index is 0.0112. The average Bonchev–Trinajstić information content (AvgIpc) is 3.68. The maximum atomic E-state index is 12.0. The summed E-state index contributed by atoms with van der Waals surface area (Å²) < 4.78 is 2.17. The Kier molecular flexibility index (Phi) is 8.04. The number of nitrogen functional groups attached to an aromatic ring is 1. The molecule has 2 saturated carbocycles. The molecule has 1 amide bonds. The molecule has 1 aromatic carbocycles. The van der Waals surface area contributed by atoms with Gasteiger partial charge in [0, 0.05) is 83.9 Å². The lowest BCUT2D eigenvalue weighted by molar-refractivity contribution is -0.149. The summed E-state index contributed by atoms with van der Waals surface area (Å²) in [6.45, 7) is 16.5. The van der Waals surface area contributed by atoms with E-state index < -0.39 is 0 Å². The zero-order valence-corrected chi connectivity index (χ0v) is 26.3. The van der Waals surface area contributed by atoms with Crippen LogP contribution in [-0.4, -0.2) is 83.3 Å². The number of nitrogens with one attached hydrogen (secondary N) is 1. The fourth-order valence-corrected chi connectivity index (χ4v) is 7.27. The lowest BCUT2D eigenvalue weighted by atomic mass is 9.60. The fraction of sp³-hybridized carbons (Fsp3) is 0.562. The van der Waals surface area contributed by atoms with Gasteiger partial charge in [-0.1, -0.05) is 18.2 Å². The molecular formula is C32H44ClN7O2. The summed E-state index contributed by atoms with van der Waals surface area (Å²) in [7, 11) is 2.15. The lowest BCUT2D eigenvalue weighted by Crippen LogP contribution is -2.63. The van der Waals surface area contributed by atoms with E-state index >= 15 is 0 Å². The summed E-state index contributed by atoms with van der Waals surface area (Å²) in [4.78, 5) is 28.2. The highest BCUT2D eigenvalue weighted by atomic mass is 35.5. The second-order valence-electron chi connectivity index (χ2n) is 13.4. The van der Waals surface area contributed by atoms with Crippen LogP contribution in [0.5, 0.6) is 0 Å². The van der Waals surface area contributed by atoms with Gasteiger partial charge >= 0.3 is 0 Å². The van der Waals surface area contributed by atoms with E-state index in [0.29, 0.717) is 22.2 Å². The number of piperazine rings is 1. The van der Waals surface area contributed by atoms with E-state index in [-0.39, 0.29) is 22.9 Å². The number of hydrogen-bond donors (Lipinski definition) is 2.